The smallest absolute Gasteiger partial charge is 0.0281 e. The van der Waals surface area contributed by atoms with Crippen molar-refractivity contribution in [3.05, 3.63) is 0 Å². The predicted octanol–water partition coefficient (Wildman–Crippen LogP) is 0.698. The Morgan fingerprint density at radius 2 is 1.47 bits per heavy atom. The van der Waals surface area contributed by atoms with E-state index in [1.807, 2.05) is 0 Å². The minimum absolute atomic E-state index is 0.315. The summed E-state index contributed by atoms with van der Waals surface area (Å²) >= 11 is 0. The van der Waals surface area contributed by atoms with Gasteiger partial charge in [-0.2, -0.15) is 0 Å². The zero-order chi connectivity index (χ0) is 13.7. The molecule has 0 aromatic heterocycles. The van der Waals surface area contributed by atoms with Gasteiger partial charge in [-0.1, -0.05) is 6.92 Å². The second kappa shape index (κ2) is 7.02. The molecule has 2 heterocycles. The zero-order valence-electron chi connectivity index (χ0n) is 13.1. The third-order valence-electron chi connectivity index (χ3n) is 4.59. The molecular formula is C15H32N4. The summed E-state index contributed by atoms with van der Waals surface area (Å²) in [7, 11) is 0. The highest BCUT2D eigenvalue weighted by molar-refractivity contribution is 4.89. The molecule has 0 spiro atoms. The van der Waals surface area contributed by atoms with Crippen LogP contribution in [0.15, 0.2) is 0 Å². The molecule has 2 aliphatic heterocycles. The zero-order valence-corrected chi connectivity index (χ0v) is 13.1. The Balaban J connectivity index is 1.77. The quantitative estimate of drug-likeness (QED) is 0.792. The first kappa shape index (κ1) is 15.2. The SMILES string of the molecule is CCCN1CCN(CC(C)(C)N2CCNCC2)CC1. The van der Waals surface area contributed by atoms with E-state index in [4.69, 9.17) is 0 Å². The van der Waals surface area contributed by atoms with Crippen LogP contribution in [0.3, 0.4) is 0 Å². The fourth-order valence-corrected chi connectivity index (χ4v) is 3.40. The Labute approximate surface area is 119 Å². The number of rotatable bonds is 5. The minimum Gasteiger partial charge on any atom is -0.314 e. The lowest BCUT2D eigenvalue weighted by Crippen LogP contribution is -2.59. The van der Waals surface area contributed by atoms with Gasteiger partial charge in [-0.3, -0.25) is 9.80 Å². The Morgan fingerprint density at radius 3 is 2.05 bits per heavy atom. The molecule has 0 bridgehead atoms. The van der Waals surface area contributed by atoms with Crippen LogP contribution in [0.2, 0.25) is 0 Å². The molecule has 4 heteroatoms. The Kier molecular flexibility index (Phi) is 5.63. The summed E-state index contributed by atoms with van der Waals surface area (Å²) in [6.07, 6.45) is 1.28. The summed E-state index contributed by atoms with van der Waals surface area (Å²) in [5.41, 5.74) is 0.315. The average molecular weight is 268 g/mol. The molecular weight excluding hydrogens is 236 g/mol. The van der Waals surface area contributed by atoms with Gasteiger partial charge >= 0.3 is 0 Å². The fourth-order valence-electron chi connectivity index (χ4n) is 3.40. The standard InChI is InChI=1S/C15H32N4/c1-4-7-17-10-12-18(13-11-17)14-15(2,3)19-8-5-16-6-9-19/h16H,4-14H2,1-3H3. The van der Waals surface area contributed by atoms with Crippen molar-refractivity contribution in [1.82, 2.24) is 20.0 Å². The number of hydrogen-bond donors (Lipinski definition) is 1. The maximum absolute atomic E-state index is 3.45. The summed E-state index contributed by atoms with van der Waals surface area (Å²) in [5.74, 6) is 0. The van der Waals surface area contributed by atoms with E-state index in [1.165, 1.54) is 58.8 Å². The first-order valence-corrected chi connectivity index (χ1v) is 8.02. The number of piperazine rings is 2. The molecule has 2 fully saturated rings. The van der Waals surface area contributed by atoms with Crippen molar-refractivity contribution in [2.24, 2.45) is 0 Å². The Hall–Kier alpha value is -0.160. The summed E-state index contributed by atoms with van der Waals surface area (Å²) in [6, 6.07) is 0. The van der Waals surface area contributed by atoms with Crippen LogP contribution in [0.1, 0.15) is 27.2 Å². The van der Waals surface area contributed by atoms with E-state index in [0.29, 0.717) is 5.54 Å². The maximum Gasteiger partial charge on any atom is 0.0281 e. The largest absolute Gasteiger partial charge is 0.314 e. The first-order chi connectivity index (χ1) is 9.12. The second-order valence-electron chi connectivity index (χ2n) is 6.67. The van der Waals surface area contributed by atoms with Gasteiger partial charge in [0, 0.05) is 64.4 Å². The van der Waals surface area contributed by atoms with Gasteiger partial charge in [0.15, 0.2) is 0 Å². The van der Waals surface area contributed by atoms with Gasteiger partial charge in [0.2, 0.25) is 0 Å². The number of hydrogen-bond acceptors (Lipinski definition) is 4. The first-order valence-electron chi connectivity index (χ1n) is 8.02. The molecule has 2 rings (SSSR count). The van der Waals surface area contributed by atoms with Gasteiger partial charge in [-0.05, 0) is 26.8 Å². The van der Waals surface area contributed by atoms with E-state index in [9.17, 15) is 0 Å². The molecule has 0 unspecified atom stereocenters. The minimum atomic E-state index is 0.315. The van der Waals surface area contributed by atoms with Crippen LogP contribution in [0.4, 0.5) is 0 Å². The van der Waals surface area contributed by atoms with E-state index >= 15 is 0 Å². The molecule has 0 aliphatic carbocycles. The molecule has 112 valence electrons. The summed E-state index contributed by atoms with van der Waals surface area (Å²) in [4.78, 5) is 7.92. The van der Waals surface area contributed by atoms with Crippen molar-refractivity contribution in [3.8, 4) is 0 Å². The van der Waals surface area contributed by atoms with Crippen molar-refractivity contribution in [1.29, 1.82) is 0 Å². The highest BCUT2D eigenvalue weighted by Gasteiger charge is 2.30. The van der Waals surface area contributed by atoms with Crippen molar-refractivity contribution in [2.75, 3.05) is 65.4 Å². The lowest BCUT2D eigenvalue weighted by atomic mass is 10.0. The van der Waals surface area contributed by atoms with E-state index in [1.54, 1.807) is 0 Å². The van der Waals surface area contributed by atoms with E-state index in [0.717, 1.165) is 13.1 Å². The monoisotopic (exact) mass is 268 g/mol. The lowest BCUT2D eigenvalue weighted by molar-refractivity contribution is 0.0414. The molecule has 19 heavy (non-hydrogen) atoms. The van der Waals surface area contributed by atoms with Gasteiger partial charge in [0.1, 0.15) is 0 Å². The van der Waals surface area contributed by atoms with E-state index in [2.05, 4.69) is 40.8 Å². The topological polar surface area (TPSA) is 21.8 Å². The third-order valence-corrected chi connectivity index (χ3v) is 4.59. The van der Waals surface area contributed by atoms with Gasteiger partial charge in [0.05, 0.1) is 0 Å². The Morgan fingerprint density at radius 1 is 0.895 bits per heavy atom. The van der Waals surface area contributed by atoms with Crippen molar-refractivity contribution in [3.63, 3.8) is 0 Å². The predicted molar refractivity (Wildman–Crippen MR) is 81.7 cm³/mol. The number of nitrogens with zero attached hydrogens (tertiary/aromatic N) is 3. The molecule has 4 nitrogen and oxygen atoms in total. The van der Waals surface area contributed by atoms with Crippen molar-refractivity contribution in [2.45, 2.75) is 32.7 Å². The summed E-state index contributed by atoms with van der Waals surface area (Å²) in [6.45, 7) is 19.3. The summed E-state index contributed by atoms with van der Waals surface area (Å²) < 4.78 is 0. The second-order valence-corrected chi connectivity index (χ2v) is 6.67. The van der Waals surface area contributed by atoms with Crippen LogP contribution >= 0.6 is 0 Å². The fraction of sp³-hybridized carbons (Fsp3) is 1.00. The van der Waals surface area contributed by atoms with E-state index in [-0.39, 0.29) is 0 Å². The highest BCUT2D eigenvalue weighted by atomic mass is 15.3. The summed E-state index contributed by atoms with van der Waals surface area (Å²) in [5, 5.41) is 3.45. The normalized spacial score (nSPS) is 24.8. The molecule has 1 N–H and O–H groups in total. The number of nitrogens with one attached hydrogen (secondary N) is 1. The molecule has 0 atom stereocenters. The van der Waals surface area contributed by atoms with Crippen molar-refractivity contribution < 1.29 is 0 Å². The van der Waals surface area contributed by atoms with Crippen LogP contribution in [0.25, 0.3) is 0 Å². The third kappa shape index (κ3) is 4.42. The van der Waals surface area contributed by atoms with Crippen LogP contribution in [0, 0.1) is 0 Å². The van der Waals surface area contributed by atoms with Crippen LogP contribution < -0.4 is 5.32 Å². The molecule has 0 saturated carbocycles. The molecule has 0 aromatic rings. The average Bonchev–Trinajstić information content (AvgIpc) is 2.42. The maximum atomic E-state index is 3.45. The molecule has 2 saturated heterocycles. The van der Waals surface area contributed by atoms with Crippen LogP contribution in [-0.2, 0) is 0 Å². The van der Waals surface area contributed by atoms with E-state index < -0.39 is 0 Å². The van der Waals surface area contributed by atoms with Crippen molar-refractivity contribution >= 4 is 0 Å². The molecule has 2 aliphatic rings. The van der Waals surface area contributed by atoms with Gasteiger partial charge < -0.3 is 10.2 Å². The van der Waals surface area contributed by atoms with Gasteiger partial charge in [0.25, 0.3) is 0 Å². The van der Waals surface area contributed by atoms with Gasteiger partial charge in [-0.25, -0.2) is 0 Å². The molecule has 0 radical (unpaired) electrons. The molecule has 0 aromatic carbocycles. The van der Waals surface area contributed by atoms with Gasteiger partial charge in [-0.15, -0.1) is 0 Å². The Bertz CT molecular complexity index is 253. The van der Waals surface area contributed by atoms with Crippen LogP contribution in [-0.4, -0.2) is 85.7 Å². The molecule has 0 amide bonds. The highest BCUT2D eigenvalue weighted by Crippen LogP contribution is 2.18. The lowest BCUT2D eigenvalue weighted by Gasteiger charge is -2.45. The van der Waals surface area contributed by atoms with Crippen LogP contribution in [0.5, 0.6) is 0 Å².